The molecule has 0 radical (unpaired) electrons. The highest BCUT2D eigenvalue weighted by Crippen LogP contribution is 1.99. The summed E-state index contributed by atoms with van der Waals surface area (Å²) in [5.41, 5.74) is 0.800. The van der Waals surface area contributed by atoms with Gasteiger partial charge in [0.1, 0.15) is 0 Å². The molecule has 0 atom stereocenters. The van der Waals surface area contributed by atoms with Crippen LogP contribution in [0.2, 0.25) is 0 Å². The van der Waals surface area contributed by atoms with Crippen LogP contribution in [0.15, 0.2) is 54.6 Å². The molecule has 0 aliphatic carbocycles. The fourth-order valence-corrected chi connectivity index (χ4v) is 1.45. The Hall–Kier alpha value is -2.69. The fraction of sp³-hybridized carbons (Fsp3) is 0.188. The van der Waals surface area contributed by atoms with Gasteiger partial charge in [0, 0.05) is 6.08 Å². The monoisotopic (exact) mass is 287 g/mol. The molecule has 1 aromatic rings. The van der Waals surface area contributed by atoms with Gasteiger partial charge < -0.3 is 4.74 Å². The van der Waals surface area contributed by atoms with Gasteiger partial charge in [0.25, 0.3) is 5.91 Å². The fourth-order valence-electron chi connectivity index (χ4n) is 1.45. The number of rotatable bonds is 6. The molecule has 0 unspecified atom stereocenters. The lowest BCUT2D eigenvalue weighted by molar-refractivity contribution is -0.145. The van der Waals surface area contributed by atoms with E-state index in [1.165, 1.54) is 12.2 Å². The van der Waals surface area contributed by atoms with Crippen LogP contribution < -0.4 is 5.32 Å². The first kappa shape index (κ1) is 16.4. The summed E-state index contributed by atoms with van der Waals surface area (Å²) >= 11 is 0. The summed E-state index contributed by atoms with van der Waals surface area (Å²) in [5, 5.41) is 2.16. The van der Waals surface area contributed by atoms with Crippen molar-refractivity contribution in [1.29, 1.82) is 0 Å². The molecule has 0 bridgehead atoms. The molecule has 0 aliphatic rings. The minimum atomic E-state index is -0.649. The normalized spacial score (nSPS) is 10.7. The average Bonchev–Trinajstić information content (AvgIpc) is 2.46. The molecule has 0 aliphatic heterocycles. The maximum absolute atomic E-state index is 11.6. The van der Waals surface area contributed by atoms with Gasteiger partial charge >= 0.3 is 5.97 Å². The van der Waals surface area contributed by atoms with E-state index in [0.29, 0.717) is 0 Å². The van der Waals surface area contributed by atoms with Gasteiger partial charge in [-0.15, -0.1) is 0 Å². The molecule has 0 saturated heterocycles. The first-order chi connectivity index (χ1) is 10.1. The van der Waals surface area contributed by atoms with Crippen molar-refractivity contribution in [2.75, 3.05) is 6.61 Å². The zero-order valence-electron chi connectivity index (χ0n) is 11.7. The van der Waals surface area contributed by atoms with Crippen LogP contribution in [0.4, 0.5) is 0 Å². The van der Waals surface area contributed by atoms with Crippen molar-refractivity contribution in [1.82, 2.24) is 5.32 Å². The van der Waals surface area contributed by atoms with Gasteiger partial charge in [-0.05, 0) is 12.5 Å². The van der Waals surface area contributed by atoms with E-state index in [0.717, 1.165) is 5.56 Å². The molecule has 1 rings (SSSR count). The second-order valence-electron chi connectivity index (χ2n) is 4.13. The quantitative estimate of drug-likeness (QED) is 0.489. The summed E-state index contributed by atoms with van der Waals surface area (Å²) in [6.45, 7) is 1.32. The molecule has 1 N–H and O–H groups in total. The number of amides is 2. The van der Waals surface area contributed by atoms with Gasteiger partial charge in [-0.1, -0.05) is 48.6 Å². The van der Waals surface area contributed by atoms with E-state index in [2.05, 4.69) is 10.1 Å². The van der Waals surface area contributed by atoms with Crippen molar-refractivity contribution >= 4 is 17.8 Å². The Morgan fingerprint density at radius 2 is 1.81 bits per heavy atom. The first-order valence-corrected chi connectivity index (χ1v) is 6.44. The molecule has 110 valence electrons. The number of carbonyl (C=O) groups is 3. The van der Waals surface area contributed by atoms with E-state index < -0.39 is 24.4 Å². The number of benzene rings is 1. The third-order valence-electron chi connectivity index (χ3n) is 2.37. The van der Waals surface area contributed by atoms with Crippen molar-refractivity contribution in [3.63, 3.8) is 0 Å². The number of hydrogen-bond donors (Lipinski definition) is 1. The number of ether oxygens (including phenoxy) is 1. The molecule has 0 heterocycles. The van der Waals surface area contributed by atoms with Crippen LogP contribution in [0, 0.1) is 0 Å². The van der Waals surface area contributed by atoms with Crippen molar-refractivity contribution in [2.24, 2.45) is 0 Å². The lowest BCUT2D eigenvalue weighted by Gasteiger charge is -2.04. The van der Waals surface area contributed by atoms with E-state index >= 15 is 0 Å². The van der Waals surface area contributed by atoms with Crippen molar-refractivity contribution in [3.05, 3.63) is 60.2 Å². The standard InChI is InChI=1S/C16H17NO4/c1-2-3-5-10-16(20)21-12-15(19)17-14(18)11-13-8-6-4-7-9-13/h2-10H,11-12H2,1H3,(H,17,18,19). The van der Waals surface area contributed by atoms with Gasteiger partial charge in [-0.3, -0.25) is 14.9 Å². The zero-order valence-corrected chi connectivity index (χ0v) is 11.7. The van der Waals surface area contributed by atoms with Crippen LogP contribution >= 0.6 is 0 Å². The third kappa shape index (κ3) is 7.47. The Bertz CT molecular complexity index is 547. The van der Waals surface area contributed by atoms with E-state index in [4.69, 9.17) is 0 Å². The summed E-state index contributed by atoms with van der Waals surface area (Å²) in [6.07, 6.45) is 6.20. The largest absolute Gasteiger partial charge is 0.452 e. The topological polar surface area (TPSA) is 72.5 Å². The molecule has 1 aromatic carbocycles. The Morgan fingerprint density at radius 3 is 2.48 bits per heavy atom. The summed E-state index contributed by atoms with van der Waals surface area (Å²) < 4.78 is 4.68. The van der Waals surface area contributed by atoms with Crippen LogP contribution in [-0.2, 0) is 25.5 Å². The molecule has 0 saturated carbocycles. The smallest absolute Gasteiger partial charge is 0.331 e. The summed E-state index contributed by atoms with van der Waals surface area (Å²) in [4.78, 5) is 34.2. The SMILES string of the molecule is CC=CC=CC(=O)OCC(=O)NC(=O)Cc1ccccc1. The van der Waals surface area contributed by atoms with Crippen molar-refractivity contribution in [2.45, 2.75) is 13.3 Å². The van der Waals surface area contributed by atoms with Crippen molar-refractivity contribution in [3.8, 4) is 0 Å². The highest BCUT2D eigenvalue weighted by molar-refractivity contribution is 5.97. The van der Waals surface area contributed by atoms with Crippen molar-refractivity contribution < 1.29 is 19.1 Å². The van der Waals surface area contributed by atoms with Crippen LogP contribution in [0.5, 0.6) is 0 Å². The summed E-state index contributed by atoms with van der Waals surface area (Å²) in [7, 11) is 0. The van der Waals surface area contributed by atoms with Crippen LogP contribution in [0.25, 0.3) is 0 Å². The number of nitrogens with one attached hydrogen (secondary N) is 1. The second kappa shape index (κ2) is 9.25. The highest BCUT2D eigenvalue weighted by atomic mass is 16.5. The Kier molecular flexibility index (Phi) is 7.21. The molecule has 0 aromatic heterocycles. The Balaban J connectivity index is 2.30. The third-order valence-corrected chi connectivity index (χ3v) is 2.37. The van der Waals surface area contributed by atoms with Crippen LogP contribution in [0.1, 0.15) is 12.5 Å². The minimum Gasteiger partial charge on any atom is -0.452 e. The van der Waals surface area contributed by atoms with Gasteiger partial charge in [-0.25, -0.2) is 4.79 Å². The predicted octanol–water partition coefficient (Wildman–Crippen LogP) is 1.55. The maximum Gasteiger partial charge on any atom is 0.331 e. The molecule has 5 heteroatoms. The highest BCUT2D eigenvalue weighted by Gasteiger charge is 2.10. The number of carbonyl (C=O) groups excluding carboxylic acids is 3. The lowest BCUT2D eigenvalue weighted by Crippen LogP contribution is -2.35. The van der Waals surface area contributed by atoms with E-state index in [-0.39, 0.29) is 6.42 Å². The predicted molar refractivity (Wildman–Crippen MR) is 78.2 cm³/mol. The number of imide groups is 1. The van der Waals surface area contributed by atoms with Gasteiger partial charge in [-0.2, -0.15) is 0 Å². The maximum atomic E-state index is 11.6. The molecular formula is C16H17NO4. The molecule has 5 nitrogen and oxygen atoms in total. The van der Waals surface area contributed by atoms with Crippen LogP contribution in [-0.4, -0.2) is 24.4 Å². The number of esters is 1. The number of allylic oxidation sites excluding steroid dienone is 3. The molecule has 0 spiro atoms. The van der Waals surface area contributed by atoms with E-state index in [1.54, 1.807) is 24.3 Å². The summed E-state index contributed by atoms with van der Waals surface area (Å²) in [5.74, 6) is -1.73. The number of hydrogen-bond acceptors (Lipinski definition) is 4. The molecular weight excluding hydrogens is 270 g/mol. The Morgan fingerprint density at radius 1 is 1.10 bits per heavy atom. The molecule has 2 amide bonds. The zero-order chi connectivity index (χ0) is 15.5. The molecule has 21 heavy (non-hydrogen) atoms. The van der Waals surface area contributed by atoms with Gasteiger partial charge in [0.15, 0.2) is 6.61 Å². The first-order valence-electron chi connectivity index (χ1n) is 6.44. The van der Waals surface area contributed by atoms with E-state index in [9.17, 15) is 14.4 Å². The Labute approximate surface area is 123 Å². The van der Waals surface area contributed by atoms with Gasteiger partial charge in [0.2, 0.25) is 5.91 Å². The average molecular weight is 287 g/mol. The van der Waals surface area contributed by atoms with Gasteiger partial charge in [0.05, 0.1) is 6.42 Å². The van der Waals surface area contributed by atoms with E-state index in [1.807, 2.05) is 25.1 Å². The van der Waals surface area contributed by atoms with Crippen LogP contribution in [0.3, 0.4) is 0 Å². The molecule has 0 fully saturated rings. The summed E-state index contributed by atoms with van der Waals surface area (Å²) in [6, 6.07) is 9.03. The lowest BCUT2D eigenvalue weighted by atomic mass is 10.1. The second-order valence-corrected chi connectivity index (χ2v) is 4.13. The minimum absolute atomic E-state index is 0.0989.